The van der Waals surface area contributed by atoms with Gasteiger partial charge in [-0.25, -0.2) is 4.99 Å². The van der Waals surface area contributed by atoms with Gasteiger partial charge in [-0.1, -0.05) is 29.8 Å². The summed E-state index contributed by atoms with van der Waals surface area (Å²) in [6.45, 7) is 4.92. The van der Waals surface area contributed by atoms with Gasteiger partial charge in [0.2, 0.25) is 0 Å². The van der Waals surface area contributed by atoms with Crippen molar-refractivity contribution in [3.8, 4) is 0 Å². The SMILES string of the molecule is Cc1ccc(NC(N)=NCc2ccc(N3CCSCC3)cc2)cc1. The lowest BCUT2D eigenvalue weighted by atomic mass is 10.2. The van der Waals surface area contributed by atoms with Gasteiger partial charge < -0.3 is 16.0 Å². The lowest BCUT2D eigenvalue weighted by Crippen LogP contribution is -2.32. The van der Waals surface area contributed by atoms with Gasteiger partial charge in [0.15, 0.2) is 5.96 Å². The number of aliphatic imine (C=N–C) groups is 1. The Morgan fingerprint density at radius 3 is 2.42 bits per heavy atom. The number of anilines is 2. The number of benzene rings is 2. The van der Waals surface area contributed by atoms with Gasteiger partial charge in [-0.2, -0.15) is 11.8 Å². The third kappa shape index (κ3) is 4.68. The third-order valence-corrected chi connectivity index (χ3v) is 5.01. The summed E-state index contributed by atoms with van der Waals surface area (Å²) >= 11 is 2.03. The summed E-state index contributed by atoms with van der Waals surface area (Å²) in [5.74, 6) is 2.87. The average Bonchev–Trinajstić information content (AvgIpc) is 2.63. The molecule has 0 aliphatic carbocycles. The van der Waals surface area contributed by atoms with Crippen LogP contribution < -0.4 is 16.0 Å². The van der Waals surface area contributed by atoms with Crippen LogP contribution in [0.5, 0.6) is 0 Å². The fourth-order valence-electron chi connectivity index (χ4n) is 2.63. The monoisotopic (exact) mass is 340 g/mol. The second-order valence-electron chi connectivity index (χ2n) is 5.96. The van der Waals surface area contributed by atoms with Gasteiger partial charge >= 0.3 is 0 Å². The molecule has 1 aliphatic rings. The minimum Gasteiger partial charge on any atom is -0.370 e. The van der Waals surface area contributed by atoms with E-state index in [9.17, 15) is 0 Å². The predicted molar refractivity (Wildman–Crippen MR) is 106 cm³/mol. The standard InChI is InChI=1S/C19H24N4S/c1-15-2-6-17(7-3-15)22-19(20)21-14-16-4-8-18(9-5-16)23-10-12-24-13-11-23/h2-9H,10-14H2,1H3,(H3,20,21,22). The topological polar surface area (TPSA) is 53.6 Å². The summed E-state index contributed by atoms with van der Waals surface area (Å²) in [4.78, 5) is 6.86. The number of nitrogens with one attached hydrogen (secondary N) is 1. The number of hydrogen-bond donors (Lipinski definition) is 2. The van der Waals surface area contributed by atoms with E-state index in [0.717, 1.165) is 18.8 Å². The quantitative estimate of drug-likeness (QED) is 0.661. The summed E-state index contributed by atoms with van der Waals surface area (Å²) in [6, 6.07) is 16.8. The zero-order valence-corrected chi connectivity index (χ0v) is 14.9. The van der Waals surface area contributed by atoms with Gasteiger partial charge in [0.05, 0.1) is 6.54 Å². The van der Waals surface area contributed by atoms with Crippen LogP contribution in [0.2, 0.25) is 0 Å². The largest absolute Gasteiger partial charge is 0.370 e. The molecule has 3 rings (SSSR count). The van der Waals surface area contributed by atoms with Crippen LogP contribution in [0.25, 0.3) is 0 Å². The van der Waals surface area contributed by atoms with Crippen LogP contribution >= 0.6 is 11.8 Å². The first kappa shape index (κ1) is 16.7. The Labute approximate surface area is 148 Å². The first-order valence-corrected chi connectivity index (χ1v) is 9.41. The molecular formula is C19H24N4S. The molecule has 0 amide bonds. The van der Waals surface area contributed by atoms with Gasteiger partial charge in [0.1, 0.15) is 0 Å². The minimum absolute atomic E-state index is 0.441. The Hall–Kier alpha value is -2.14. The molecule has 0 aromatic heterocycles. The highest BCUT2D eigenvalue weighted by Crippen LogP contribution is 2.20. The van der Waals surface area contributed by atoms with Crippen LogP contribution in [0, 0.1) is 6.92 Å². The maximum atomic E-state index is 5.97. The normalized spacial score (nSPS) is 15.4. The first-order chi connectivity index (χ1) is 11.7. The molecule has 2 aromatic rings. The molecular weight excluding hydrogens is 316 g/mol. The van der Waals surface area contributed by atoms with E-state index in [-0.39, 0.29) is 0 Å². The second-order valence-corrected chi connectivity index (χ2v) is 7.18. The van der Waals surface area contributed by atoms with Crippen molar-refractivity contribution in [3.63, 3.8) is 0 Å². The summed E-state index contributed by atoms with van der Waals surface area (Å²) in [7, 11) is 0. The van der Waals surface area contributed by atoms with Gasteiger partial charge in [-0.15, -0.1) is 0 Å². The molecule has 0 bridgehead atoms. The van der Waals surface area contributed by atoms with Crippen LogP contribution in [0.4, 0.5) is 11.4 Å². The highest BCUT2D eigenvalue weighted by molar-refractivity contribution is 7.99. The van der Waals surface area contributed by atoms with Gasteiger partial charge in [-0.3, -0.25) is 0 Å². The van der Waals surface area contributed by atoms with Crippen LogP contribution in [0.1, 0.15) is 11.1 Å². The number of nitrogens with two attached hydrogens (primary N) is 1. The molecule has 1 saturated heterocycles. The number of nitrogens with zero attached hydrogens (tertiary/aromatic N) is 2. The van der Waals surface area contributed by atoms with Crippen molar-refractivity contribution < 1.29 is 0 Å². The van der Waals surface area contributed by atoms with Crippen molar-refractivity contribution in [2.45, 2.75) is 13.5 Å². The van der Waals surface area contributed by atoms with Crippen molar-refractivity contribution in [1.82, 2.24) is 0 Å². The lowest BCUT2D eigenvalue weighted by Gasteiger charge is -2.28. The zero-order valence-electron chi connectivity index (χ0n) is 14.0. The third-order valence-electron chi connectivity index (χ3n) is 4.07. The Bertz CT molecular complexity index is 674. The van der Waals surface area contributed by atoms with E-state index < -0.39 is 0 Å². The number of hydrogen-bond acceptors (Lipinski definition) is 3. The van der Waals surface area contributed by atoms with Crippen molar-refractivity contribution in [2.75, 3.05) is 34.8 Å². The summed E-state index contributed by atoms with van der Waals surface area (Å²) < 4.78 is 0. The van der Waals surface area contributed by atoms with E-state index in [0.29, 0.717) is 12.5 Å². The molecule has 1 heterocycles. The number of aryl methyl sites for hydroxylation is 1. The van der Waals surface area contributed by atoms with Crippen LogP contribution in [-0.4, -0.2) is 30.6 Å². The summed E-state index contributed by atoms with van der Waals surface area (Å²) in [6.07, 6.45) is 0. The maximum absolute atomic E-state index is 5.97. The second kappa shape index (κ2) is 8.11. The Morgan fingerprint density at radius 1 is 1.08 bits per heavy atom. The van der Waals surface area contributed by atoms with Crippen molar-refractivity contribution in [1.29, 1.82) is 0 Å². The molecule has 3 N–H and O–H groups in total. The minimum atomic E-state index is 0.441. The Morgan fingerprint density at radius 2 is 1.75 bits per heavy atom. The van der Waals surface area contributed by atoms with Gasteiger partial charge in [-0.05, 0) is 36.8 Å². The molecule has 0 unspecified atom stereocenters. The van der Waals surface area contributed by atoms with Crippen LogP contribution in [-0.2, 0) is 6.54 Å². The first-order valence-electron chi connectivity index (χ1n) is 8.26. The van der Waals surface area contributed by atoms with E-state index in [1.54, 1.807) is 0 Å². The molecule has 126 valence electrons. The van der Waals surface area contributed by atoms with E-state index in [4.69, 9.17) is 5.73 Å². The van der Waals surface area contributed by atoms with Crippen LogP contribution in [0.3, 0.4) is 0 Å². The van der Waals surface area contributed by atoms with Crippen molar-refractivity contribution >= 4 is 29.1 Å². The van der Waals surface area contributed by atoms with E-state index in [1.807, 2.05) is 36.0 Å². The Kier molecular flexibility index (Phi) is 5.64. The highest BCUT2D eigenvalue weighted by Gasteiger charge is 2.10. The maximum Gasteiger partial charge on any atom is 0.193 e. The molecule has 0 atom stereocenters. The molecule has 5 heteroatoms. The highest BCUT2D eigenvalue weighted by atomic mass is 32.2. The zero-order chi connectivity index (χ0) is 16.8. The number of guanidine groups is 1. The van der Waals surface area contributed by atoms with Gasteiger partial charge in [0.25, 0.3) is 0 Å². The average molecular weight is 340 g/mol. The number of rotatable bonds is 4. The summed E-state index contributed by atoms with van der Waals surface area (Å²) in [5.41, 5.74) is 10.6. The molecule has 2 aromatic carbocycles. The molecule has 24 heavy (non-hydrogen) atoms. The molecule has 0 spiro atoms. The van der Waals surface area contributed by atoms with E-state index in [1.165, 1.54) is 28.3 Å². The molecule has 0 radical (unpaired) electrons. The predicted octanol–water partition coefficient (Wildman–Crippen LogP) is 3.48. The molecule has 1 aliphatic heterocycles. The molecule has 1 fully saturated rings. The fraction of sp³-hybridized carbons (Fsp3) is 0.316. The van der Waals surface area contributed by atoms with E-state index in [2.05, 4.69) is 46.4 Å². The summed E-state index contributed by atoms with van der Waals surface area (Å²) in [5, 5.41) is 3.12. The smallest absolute Gasteiger partial charge is 0.193 e. The van der Waals surface area contributed by atoms with Crippen molar-refractivity contribution in [2.24, 2.45) is 10.7 Å². The Balaban J connectivity index is 1.56. The number of thioether (sulfide) groups is 1. The molecule has 4 nitrogen and oxygen atoms in total. The van der Waals surface area contributed by atoms with Gasteiger partial charge in [0, 0.05) is 36.0 Å². The van der Waals surface area contributed by atoms with Crippen molar-refractivity contribution in [3.05, 3.63) is 59.7 Å². The molecule has 0 saturated carbocycles. The van der Waals surface area contributed by atoms with Crippen LogP contribution in [0.15, 0.2) is 53.5 Å². The fourth-order valence-corrected chi connectivity index (χ4v) is 3.54. The van der Waals surface area contributed by atoms with E-state index >= 15 is 0 Å². The lowest BCUT2D eigenvalue weighted by molar-refractivity contribution is 0.858.